The molecule has 1 atom stereocenters. The number of benzene rings is 1. The number of hydrogen-bond acceptors (Lipinski definition) is 2. The molecule has 0 aliphatic heterocycles. The molecule has 1 N–H and O–H groups in total. The minimum Gasteiger partial charge on any atom is -0.450 e. The Balaban J connectivity index is 1.82. The SMILES string of the molecule is CCCCCCCCC/C=C\CCCCCCCCOC(=O)N[C@@H](C)Cc1ccccc1. The predicted octanol–water partition coefficient (Wildman–Crippen LogP) is 8.77. The zero-order chi connectivity index (χ0) is 23.1. The van der Waals surface area contributed by atoms with E-state index in [0.717, 1.165) is 19.3 Å². The summed E-state index contributed by atoms with van der Waals surface area (Å²) in [5, 5.41) is 2.92. The van der Waals surface area contributed by atoms with Crippen LogP contribution in [0.15, 0.2) is 42.5 Å². The van der Waals surface area contributed by atoms with Gasteiger partial charge in [0, 0.05) is 6.04 Å². The van der Waals surface area contributed by atoms with Gasteiger partial charge in [-0.05, 0) is 51.0 Å². The normalized spacial score (nSPS) is 12.2. The molecule has 1 amide bonds. The van der Waals surface area contributed by atoms with Gasteiger partial charge >= 0.3 is 6.09 Å². The smallest absolute Gasteiger partial charge is 0.407 e. The number of unbranched alkanes of at least 4 members (excludes halogenated alkanes) is 13. The third-order valence-electron chi connectivity index (χ3n) is 5.89. The summed E-state index contributed by atoms with van der Waals surface area (Å²) in [5.74, 6) is 0. The first-order valence-corrected chi connectivity index (χ1v) is 13.3. The molecule has 0 heterocycles. The highest BCUT2D eigenvalue weighted by Gasteiger charge is 2.08. The lowest BCUT2D eigenvalue weighted by Gasteiger charge is -2.14. The van der Waals surface area contributed by atoms with E-state index in [1.54, 1.807) is 0 Å². The van der Waals surface area contributed by atoms with E-state index in [-0.39, 0.29) is 12.1 Å². The van der Waals surface area contributed by atoms with Gasteiger partial charge in [-0.25, -0.2) is 4.79 Å². The molecule has 0 saturated carbocycles. The van der Waals surface area contributed by atoms with Crippen LogP contribution in [-0.2, 0) is 11.2 Å². The summed E-state index contributed by atoms with van der Waals surface area (Å²) in [4.78, 5) is 11.9. The highest BCUT2D eigenvalue weighted by molar-refractivity contribution is 5.67. The molecule has 0 spiro atoms. The lowest BCUT2D eigenvalue weighted by atomic mass is 10.1. The molecule has 0 bridgehead atoms. The van der Waals surface area contributed by atoms with Gasteiger partial charge in [0.2, 0.25) is 0 Å². The van der Waals surface area contributed by atoms with Crippen LogP contribution in [0.5, 0.6) is 0 Å². The molecule has 1 rings (SSSR count). The first-order valence-electron chi connectivity index (χ1n) is 13.3. The van der Waals surface area contributed by atoms with Gasteiger partial charge in [-0.3, -0.25) is 0 Å². The molecule has 32 heavy (non-hydrogen) atoms. The molecule has 0 aromatic heterocycles. The van der Waals surface area contributed by atoms with Crippen molar-refractivity contribution in [2.45, 2.75) is 123 Å². The van der Waals surface area contributed by atoms with Crippen molar-refractivity contribution in [3.63, 3.8) is 0 Å². The Labute approximate surface area is 198 Å². The number of rotatable bonds is 20. The van der Waals surface area contributed by atoms with Crippen molar-refractivity contribution in [1.82, 2.24) is 5.32 Å². The average Bonchev–Trinajstić information content (AvgIpc) is 2.79. The molecule has 182 valence electrons. The van der Waals surface area contributed by atoms with E-state index in [4.69, 9.17) is 4.74 Å². The largest absolute Gasteiger partial charge is 0.450 e. The fourth-order valence-corrected chi connectivity index (χ4v) is 3.95. The number of carbonyl (C=O) groups excluding carboxylic acids is 1. The van der Waals surface area contributed by atoms with Crippen molar-refractivity contribution in [2.24, 2.45) is 0 Å². The van der Waals surface area contributed by atoms with Crippen LogP contribution in [-0.4, -0.2) is 18.7 Å². The van der Waals surface area contributed by atoms with Crippen molar-refractivity contribution in [3.8, 4) is 0 Å². The number of carbonyl (C=O) groups is 1. The molecule has 3 nitrogen and oxygen atoms in total. The molecular formula is C29H49NO2. The van der Waals surface area contributed by atoms with E-state index in [1.165, 1.54) is 89.0 Å². The summed E-state index contributed by atoms with van der Waals surface area (Å²) >= 11 is 0. The van der Waals surface area contributed by atoms with Crippen LogP contribution in [0, 0.1) is 0 Å². The van der Waals surface area contributed by atoms with Crippen LogP contribution in [0.25, 0.3) is 0 Å². The van der Waals surface area contributed by atoms with E-state index in [2.05, 4.69) is 36.5 Å². The molecule has 0 fully saturated rings. The van der Waals surface area contributed by atoms with Gasteiger partial charge in [0.1, 0.15) is 0 Å². The average molecular weight is 444 g/mol. The molecule has 1 aromatic carbocycles. The molecule has 0 radical (unpaired) electrons. The van der Waals surface area contributed by atoms with Gasteiger partial charge < -0.3 is 10.1 Å². The summed E-state index contributed by atoms with van der Waals surface area (Å²) in [6, 6.07) is 10.3. The van der Waals surface area contributed by atoms with Gasteiger partial charge in [0.05, 0.1) is 6.61 Å². The first kappa shape index (κ1) is 28.3. The third-order valence-corrected chi connectivity index (χ3v) is 5.89. The van der Waals surface area contributed by atoms with Crippen LogP contribution >= 0.6 is 0 Å². The topological polar surface area (TPSA) is 38.3 Å². The fourth-order valence-electron chi connectivity index (χ4n) is 3.95. The number of alkyl carbamates (subject to hydrolysis) is 1. The highest BCUT2D eigenvalue weighted by Crippen LogP contribution is 2.10. The Morgan fingerprint density at radius 1 is 0.812 bits per heavy atom. The van der Waals surface area contributed by atoms with Crippen molar-refractivity contribution >= 4 is 6.09 Å². The van der Waals surface area contributed by atoms with Crippen molar-refractivity contribution in [2.75, 3.05) is 6.61 Å². The number of hydrogen-bond donors (Lipinski definition) is 1. The van der Waals surface area contributed by atoms with Gasteiger partial charge in [0.25, 0.3) is 0 Å². The lowest BCUT2D eigenvalue weighted by molar-refractivity contribution is 0.140. The number of nitrogens with one attached hydrogen (secondary N) is 1. The number of amides is 1. The molecule has 0 unspecified atom stereocenters. The monoisotopic (exact) mass is 443 g/mol. The molecule has 0 aliphatic carbocycles. The quantitative estimate of drug-likeness (QED) is 0.161. The van der Waals surface area contributed by atoms with Crippen LogP contribution in [0.4, 0.5) is 4.79 Å². The maximum atomic E-state index is 11.9. The maximum Gasteiger partial charge on any atom is 0.407 e. The van der Waals surface area contributed by atoms with Crippen LogP contribution in [0.3, 0.4) is 0 Å². The van der Waals surface area contributed by atoms with Gasteiger partial charge in [-0.2, -0.15) is 0 Å². The second-order valence-corrected chi connectivity index (χ2v) is 9.16. The minimum absolute atomic E-state index is 0.0782. The Bertz CT molecular complexity index is 570. The van der Waals surface area contributed by atoms with E-state index >= 15 is 0 Å². The predicted molar refractivity (Wildman–Crippen MR) is 138 cm³/mol. The van der Waals surface area contributed by atoms with Crippen molar-refractivity contribution in [1.29, 1.82) is 0 Å². The van der Waals surface area contributed by atoms with E-state index in [0.29, 0.717) is 6.61 Å². The molecule has 0 aliphatic rings. The number of ether oxygens (including phenoxy) is 1. The Hall–Kier alpha value is -1.77. The fraction of sp³-hybridized carbons (Fsp3) is 0.690. The van der Waals surface area contributed by atoms with Crippen LogP contribution in [0.2, 0.25) is 0 Å². The summed E-state index contributed by atoms with van der Waals surface area (Å²) < 4.78 is 5.32. The lowest BCUT2D eigenvalue weighted by Crippen LogP contribution is -2.34. The second kappa shape index (κ2) is 21.1. The standard InChI is InChI=1S/C29H49NO2/c1-3-4-5-6-7-8-9-10-11-12-13-14-15-16-17-18-22-25-32-29(31)30-27(2)26-28-23-20-19-21-24-28/h11-12,19-21,23-24,27H,3-10,13-18,22,25-26H2,1-2H3,(H,30,31)/b12-11-/t27-/m0/s1. The molecule has 0 saturated heterocycles. The summed E-state index contributed by atoms with van der Waals surface area (Å²) in [7, 11) is 0. The van der Waals surface area contributed by atoms with Crippen LogP contribution in [0.1, 0.15) is 116 Å². The van der Waals surface area contributed by atoms with E-state index in [9.17, 15) is 4.79 Å². The van der Waals surface area contributed by atoms with Crippen molar-refractivity contribution < 1.29 is 9.53 Å². The van der Waals surface area contributed by atoms with E-state index < -0.39 is 0 Å². The Kier molecular flexibility index (Phi) is 18.6. The second-order valence-electron chi connectivity index (χ2n) is 9.16. The first-order chi connectivity index (χ1) is 15.7. The Morgan fingerprint density at radius 3 is 1.94 bits per heavy atom. The molecule has 3 heteroatoms. The zero-order valence-electron chi connectivity index (χ0n) is 21.0. The highest BCUT2D eigenvalue weighted by atomic mass is 16.5. The molecule has 1 aromatic rings. The van der Waals surface area contributed by atoms with Crippen LogP contribution < -0.4 is 5.32 Å². The van der Waals surface area contributed by atoms with Gasteiger partial charge in [-0.15, -0.1) is 0 Å². The minimum atomic E-state index is -0.295. The van der Waals surface area contributed by atoms with Gasteiger partial charge in [0.15, 0.2) is 0 Å². The Morgan fingerprint density at radius 2 is 1.34 bits per heavy atom. The number of allylic oxidation sites excluding steroid dienone is 2. The van der Waals surface area contributed by atoms with E-state index in [1.807, 2.05) is 25.1 Å². The maximum absolute atomic E-state index is 11.9. The third kappa shape index (κ3) is 17.9. The van der Waals surface area contributed by atoms with Crippen molar-refractivity contribution in [3.05, 3.63) is 48.0 Å². The summed E-state index contributed by atoms with van der Waals surface area (Å²) in [6.07, 6.45) is 24.7. The molecular weight excluding hydrogens is 394 g/mol. The summed E-state index contributed by atoms with van der Waals surface area (Å²) in [6.45, 7) is 4.81. The summed E-state index contributed by atoms with van der Waals surface area (Å²) in [5.41, 5.74) is 1.23. The zero-order valence-corrected chi connectivity index (χ0v) is 21.0. The van der Waals surface area contributed by atoms with Gasteiger partial charge in [-0.1, -0.05) is 114 Å².